The molecule has 0 saturated carbocycles. The topological polar surface area (TPSA) is 81.3 Å². The Hall–Kier alpha value is -3.59. The molecule has 0 saturated heterocycles. The largest absolute Gasteiger partial charge is 0.323 e. The molecule has 0 aliphatic rings. The van der Waals surface area contributed by atoms with Crippen molar-refractivity contribution in [2.75, 3.05) is 5.32 Å². The van der Waals surface area contributed by atoms with Crippen molar-refractivity contribution in [3.63, 3.8) is 0 Å². The number of halogens is 3. The number of rotatable bonds is 4. The third-order valence-corrected chi connectivity index (χ3v) is 4.44. The first-order valence-corrected chi connectivity index (χ1v) is 8.75. The Morgan fingerprint density at radius 2 is 1.79 bits per heavy atom. The van der Waals surface area contributed by atoms with E-state index >= 15 is 0 Å². The number of anilines is 1. The molecule has 2 aromatic heterocycles. The van der Waals surface area contributed by atoms with Gasteiger partial charge in [-0.2, -0.15) is 10.2 Å². The minimum Gasteiger partial charge on any atom is -0.323 e. The molecule has 7 nitrogen and oxygen atoms in total. The summed E-state index contributed by atoms with van der Waals surface area (Å²) in [5.74, 6) is -1.47. The number of carbonyl (C=O) groups excluding carboxylic acids is 1. The summed E-state index contributed by atoms with van der Waals surface area (Å²) >= 11 is 5.88. The van der Waals surface area contributed by atoms with E-state index in [4.69, 9.17) is 11.6 Å². The molecule has 10 heteroatoms. The molecule has 4 aromatic rings. The van der Waals surface area contributed by atoms with E-state index < -0.39 is 17.3 Å². The third-order valence-electron chi connectivity index (χ3n) is 4.13. The van der Waals surface area contributed by atoms with E-state index in [2.05, 4.69) is 15.5 Å². The van der Waals surface area contributed by atoms with Crippen LogP contribution in [0.4, 0.5) is 14.5 Å². The van der Waals surface area contributed by atoms with E-state index in [0.29, 0.717) is 11.3 Å². The number of fused-ring (bicyclic) bond motifs is 1. The second-order valence-electron chi connectivity index (χ2n) is 6.13. The van der Waals surface area contributed by atoms with E-state index in [1.54, 1.807) is 12.1 Å². The van der Waals surface area contributed by atoms with Crippen LogP contribution in [0, 0.1) is 11.6 Å². The molecule has 1 amide bonds. The van der Waals surface area contributed by atoms with Gasteiger partial charge >= 0.3 is 0 Å². The molecular formula is C19H12ClF2N5O2. The highest BCUT2D eigenvalue weighted by Crippen LogP contribution is 2.22. The van der Waals surface area contributed by atoms with Crippen LogP contribution in [-0.4, -0.2) is 25.3 Å². The fraction of sp³-hybridized carbons (Fsp3) is 0.0526. The number of amides is 1. The molecule has 146 valence electrons. The van der Waals surface area contributed by atoms with E-state index in [1.165, 1.54) is 35.1 Å². The Balaban J connectivity index is 1.59. The number of nitrogens with zero attached hydrogens (tertiary/aromatic N) is 4. The Kier molecular flexibility index (Phi) is 4.81. The molecule has 2 aromatic carbocycles. The smallest absolute Gasteiger partial charge is 0.293 e. The number of nitrogens with one attached hydrogen (secondary N) is 1. The van der Waals surface area contributed by atoms with Crippen LogP contribution in [0.3, 0.4) is 0 Å². The van der Waals surface area contributed by atoms with Crippen molar-refractivity contribution in [1.82, 2.24) is 19.4 Å². The summed E-state index contributed by atoms with van der Waals surface area (Å²) in [4.78, 5) is 24.9. The summed E-state index contributed by atoms with van der Waals surface area (Å²) in [6.45, 7) is -0.375. The minimum atomic E-state index is -0.560. The van der Waals surface area contributed by atoms with Gasteiger partial charge in [-0.05, 0) is 48.5 Å². The minimum absolute atomic E-state index is 0.0360. The molecule has 0 atom stereocenters. The van der Waals surface area contributed by atoms with Crippen molar-refractivity contribution < 1.29 is 13.6 Å². The first-order chi connectivity index (χ1) is 13.9. The van der Waals surface area contributed by atoms with Gasteiger partial charge in [0, 0.05) is 5.56 Å². The van der Waals surface area contributed by atoms with E-state index in [0.717, 1.165) is 16.8 Å². The monoisotopic (exact) mass is 415 g/mol. The first kappa shape index (κ1) is 18.8. The summed E-state index contributed by atoms with van der Waals surface area (Å²) in [6.07, 6.45) is 1.29. The zero-order chi connectivity index (χ0) is 20.5. The van der Waals surface area contributed by atoms with Gasteiger partial charge in [-0.25, -0.2) is 18.0 Å². The maximum absolute atomic E-state index is 13.1. The Labute approximate surface area is 167 Å². The van der Waals surface area contributed by atoms with Crippen LogP contribution in [0.15, 0.2) is 59.7 Å². The molecule has 0 fully saturated rings. The van der Waals surface area contributed by atoms with Crippen LogP contribution >= 0.6 is 11.6 Å². The molecule has 4 rings (SSSR count). The fourth-order valence-corrected chi connectivity index (χ4v) is 2.94. The molecule has 0 spiro atoms. The predicted molar refractivity (Wildman–Crippen MR) is 103 cm³/mol. The van der Waals surface area contributed by atoms with Gasteiger partial charge < -0.3 is 5.32 Å². The van der Waals surface area contributed by atoms with Gasteiger partial charge in [0.2, 0.25) is 5.91 Å². The van der Waals surface area contributed by atoms with Crippen LogP contribution in [-0.2, 0) is 11.3 Å². The van der Waals surface area contributed by atoms with Crippen molar-refractivity contribution in [3.8, 4) is 11.3 Å². The highest BCUT2D eigenvalue weighted by atomic mass is 35.5. The lowest BCUT2D eigenvalue weighted by atomic mass is 10.1. The molecule has 0 aliphatic carbocycles. The molecule has 0 radical (unpaired) electrons. The van der Waals surface area contributed by atoms with Crippen molar-refractivity contribution >= 4 is 28.7 Å². The quantitative estimate of drug-likeness (QED) is 0.555. The molecule has 0 bridgehead atoms. The number of benzene rings is 2. The van der Waals surface area contributed by atoms with Crippen LogP contribution in [0.2, 0.25) is 5.02 Å². The van der Waals surface area contributed by atoms with Crippen molar-refractivity contribution in [2.24, 2.45) is 0 Å². The highest BCUT2D eigenvalue weighted by molar-refractivity contribution is 6.33. The summed E-state index contributed by atoms with van der Waals surface area (Å²) < 4.78 is 28.4. The van der Waals surface area contributed by atoms with Crippen LogP contribution in [0.25, 0.3) is 16.8 Å². The number of hydrogen-bond donors (Lipinski definition) is 1. The van der Waals surface area contributed by atoms with Crippen molar-refractivity contribution in [3.05, 3.63) is 81.9 Å². The second kappa shape index (κ2) is 7.44. The maximum atomic E-state index is 13.1. The van der Waals surface area contributed by atoms with E-state index in [1.807, 2.05) is 0 Å². The van der Waals surface area contributed by atoms with Crippen molar-refractivity contribution in [1.29, 1.82) is 0 Å². The zero-order valence-corrected chi connectivity index (χ0v) is 15.4. The summed E-state index contributed by atoms with van der Waals surface area (Å²) in [5, 5.41) is 10.7. The summed E-state index contributed by atoms with van der Waals surface area (Å²) in [6, 6.07) is 10.7. The predicted octanol–water partition coefficient (Wildman–Crippen LogP) is 3.13. The van der Waals surface area contributed by atoms with Gasteiger partial charge in [0.15, 0.2) is 0 Å². The van der Waals surface area contributed by atoms with Gasteiger partial charge in [0.05, 0.1) is 16.4 Å². The zero-order valence-electron chi connectivity index (χ0n) is 14.6. The average Bonchev–Trinajstić information content (AvgIpc) is 3.12. The molecule has 2 heterocycles. The molecular weight excluding hydrogens is 404 g/mol. The summed E-state index contributed by atoms with van der Waals surface area (Å²) in [5.41, 5.74) is 0.977. The SMILES string of the molecule is O=C(Cn1ncn2nc(-c3ccc(F)cc3)cc2c1=O)Nc1ccc(F)cc1Cl. The molecule has 0 aliphatic heterocycles. The van der Waals surface area contributed by atoms with Gasteiger partial charge in [0.25, 0.3) is 5.56 Å². The third kappa shape index (κ3) is 3.85. The Bertz CT molecular complexity index is 1280. The average molecular weight is 416 g/mol. The number of aromatic nitrogens is 4. The summed E-state index contributed by atoms with van der Waals surface area (Å²) in [7, 11) is 0. The van der Waals surface area contributed by atoms with Crippen molar-refractivity contribution in [2.45, 2.75) is 6.54 Å². The lowest BCUT2D eigenvalue weighted by Crippen LogP contribution is -2.30. The number of hydrogen-bond acceptors (Lipinski definition) is 4. The molecule has 1 N–H and O–H groups in total. The first-order valence-electron chi connectivity index (χ1n) is 8.37. The lowest BCUT2D eigenvalue weighted by molar-refractivity contribution is -0.117. The highest BCUT2D eigenvalue weighted by Gasteiger charge is 2.13. The second-order valence-corrected chi connectivity index (χ2v) is 6.54. The Morgan fingerprint density at radius 1 is 1.07 bits per heavy atom. The van der Waals surface area contributed by atoms with Gasteiger partial charge in [-0.1, -0.05) is 11.6 Å². The van der Waals surface area contributed by atoms with Gasteiger partial charge in [-0.15, -0.1) is 0 Å². The van der Waals surface area contributed by atoms with Gasteiger partial charge in [-0.3, -0.25) is 9.59 Å². The van der Waals surface area contributed by atoms with Crippen LogP contribution in [0.5, 0.6) is 0 Å². The molecule has 29 heavy (non-hydrogen) atoms. The maximum Gasteiger partial charge on any atom is 0.293 e. The van der Waals surface area contributed by atoms with E-state index in [9.17, 15) is 18.4 Å². The normalized spacial score (nSPS) is 11.0. The van der Waals surface area contributed by atoms with Gasteiger partial charge in [0.1, 0.15) is 30.0 Å². The van der Waals surface area contributed by atoms with E-state index in [-0.39, 0.29) is 28.6 Å². The van der Waals surface area contributed by atoms with Crippen LogP contribution in [0.1, 0.15) is 0 Å². The van der Waals surface area contributed by atoms with Crippen LogP contribution < -0.4 is 10.9 Å². The Morgan fingerprint density at radius 3 is 2.52 bits per heavy atom. The lowest BCUT2D eigenvalue weighted by Gasteiger charge is -2.08. The number of carbonyl (C=O) groups is 1. The fourth-order valence-electron chi connectivity index (χ4n) is 2.73. The standard InChI is InChI=1S/C19H12ClF2N5O2/c20-14-7-13(22)5-6-15(14)24-18(28)9-26-19(29)17-8-16(25-27(17)10-23-26)11-1-3-12(21)4-2-11/h1-8,10H,9H2,(H,24,28). The molecule has 0 unspecified atom stereocenters.